The zero-order chi connectivity index (χ0) is 6.57. The van der Waals surface area contributed by atoms with Crippen LogP contribution >= 0.6 is 0 Å². The number of hydrogen-bond donors (Lipinski definition) is 2. The van der Waals surface area contributed by atoms with Gasteiger partial charge >= 0.3 is 7.48 Å². The minimum Gasteiger partial charge on any atom is -0.453 e. The monoisotopic (exact) mass is 114 g/mol. The molecule has 0 amide bonds. The molecule has 0 heterocycles. The quantitative estimate of drug-likeness (QED) is 0.504. The van der Waals surface area contributed by atoms with E-state index in [1.165, 1.54) is 0 Å². The van der Waals surface area contributed by atoms with Gasteiger partial charge in [-0.05, 0) is 5.92 Å². The predicted octanol–water partition coefficient (Wildman–Crippen LogP) is -0.0712. The van der Waals surface area contributed by atoms with Crippen molar-refractivity contribution in [2.75, 3.05) is 0 Å². The van der Waals surface area contributed by atoms with Crippen molar-refractivity contribution in [1.29, 1.82) is 0 Å². The summed E-state index contributed by atoms with van der Waals surface area (Å²) in [5.41, 5.74) is 5.42. The van der Waals surface area contributed by atoms with Crippen molar-refractivity contribution in [1.82, 2.24) is 0 Å². The zero-order valence-corrected chi connectivity index (χ0v) is 5.46. The van der Waals surface area contributed by atoms with E-state index in [4.69, 9.17) is 10.8 Å². The summed E-state index contributed by atoms with van der Waals surface area (Å²) in [6.07, 6.45) is 1.01. The second-order valence-corrected chi connectivity index (χ2v) is 2.11. The highest BCUT2D eigenvalue weighted by atomic mass is 16.2. The van der Waals surface area contributed by atoms with Crippen LogP contribution in [0.15, 0.2) is 0 Å². The molecule has 0 saturated heterocycles. The van der Waals surface area contributed by atoms with Crippen LogP contribution in [0, 0.1) is 5.92 Å². The minimum absolute atomic E-state index is 0.153. The molecule has 0 aliphatic heterocycles. The lowest BCUT2D eigenvalue weighted by Crippen LogP contribution is -2.33. The first-order valence-corrected chi connectivity index (χ1v) is 2.95. The van der Waals surface area contributed by atoms with Crippen LogP contribution in [-0.4, -0.2) is 18.4 Å². The molecule has 3 heteroatoms. The summed E-state index contributed by atoms with van der Waals surface area (Å²) in [4.78, 5) is 0. The average molecular weight is 114 g/mol. The van der Waals surface area contributed by atoms with E-state index < -0.39 is 0 Å². The highest BCUT2D eigenvalue weighted by Crippen LogP contribution is 2.02. The Bertz CT molecular complexity index is 52.4. The summed E-state index contributed by atoms with van der Waals surface area (Å²) in [6.45, 7) is 4.06. The van der Waals surface area contributed by atoms with Crippen molar-refractivity contribution >= 4 is 7.48 Å². The van der Waals surface area contributed by atoms with E-state index in [0.29, 0.717) is 5.92 Å². The molecule has 0 aliphatic carbocycles. The van der Waals surface area contributed by atoms with Gasteiger partial charge in [0.05, 0.1) is 0 Å². The molecule has 0 unspecified atom stereocenters. The maximum absolute atomic E-state index is 8.39. The maximum atomic E-state index is 8.39. The molecule has 2 nitrogen and oxygen atoms in total. The van der Waals surface area contributed by atoms with Crippen LogP contribution in [0.3, 0.4) is 0 Å². The fraction of sp³-hybridized carbons (Fsp3) is 1.00. The van der Waals surface area contributed by atoms with E-state index in [2.05, 4.69) is 0 Å². The molecule has 47 valence electrons. The van der Waals surface area contributed by atoms with Crippen molar-refractivity contribution in [2.45, 2.75) is 26.2 Å². The maximum Gasteiger partial charge on any atom is 0.305 e. The van der Waals surface area contributed by atoms with E-state index in [-0.39, 0.29) is 5.94 Å². The molecular formula is C5H13BNO. The van der Waals surface area contributed by atoms with Gasteiger partial charge in [-0.15, -0.1) is 0 Å². The van der Waals surface area contributed by atoms with Crippen LogP contribution < -0.4 is 5.73 Å². The molecule has 0 saturated carbocycles. The van der Waals surface area contributed by atoms with Gasteiger partial charge in [-0.3, -0.25) is 0 Å². The molecule has 0 aliphatic rings. The van der Waals surface area contributed by atoms with Crippen LogP contribution in [0.2, 0.25) is 0 Å². The normalized spacial score (nSPS) is 17.5. The second kappa shape index (κ2) is 3.92. The van der Waals surface area contributed by atoms with Gasteiger partial charge in [-0.2, -0.15) is 0 Å². The van der Waals surface area contributed by atoms with Gasteiger partial charge in [0.2, 0.25) is 0 Å². The minimum atomic E-state index is -0.153. The summed E-state index contributed by atoms with van der Waals surface area (Å²) in [7, 11) is 1.05. The lowest BCUT2D eigenvalue weighted by Gasteiger charge is -2.12. The Labute approximate surface area is 51.4 Å². The molecule has 0 aromatic heterocycles. The topological polar surface area (TPSA) is 46.2 Å². The summed E-state index contributed by atoms with van der Waals surface area (Å²) in [5.74, 6) is 0.236. The number of nitrogens with two attached hydrogens (primary N) is 1. The highest BCUT2D eigenvalue weighted by Gasteiger charge is 2.09. The first-order chi connectivity index (χ1) is 3.72. The van der Waals surface area contributed by atoms with E-state index in [1.54, 1.807) is 0 Å². The Morgan fingerprint density at radius 2 is 2.25 bits per heavy atom. The largest absolute Gasteiger partial charge is 0.453 e. The summed E-state index contributed by atoms with van der Waals surface area (Å²) < 4.78 is 0. The summed E-state index contributed by atoms with van der Waals surface area (Å²) >= 11 is 0. The fourth-order valence-electron chi connectivity index (χ4n) is 0.419. The van der Waals surface area contributed by atoms with Gasteiger partial charge in [0.15, 0.2) is 0 Å². The number of hydrogen-bond acceptors (Lipinski definition) is 2. The Morgan fingerprint density at radius 3 is 2.38 bits per heavy atom. The van der Waals surface area contributed by atoms with Crippen LogP contribution in [-0.2, 0) is 0 Å². The molecule has 3 N–H and O–H groups in total. The summed E-state index contributed by atoms with van der Waals surface area (Å²) in [6, 6.07) is 0. The van der Waals surface area contributed by atoms with E-state index in [1.807, 2.05) is 13.8 Å². The summed E-state index contributed by atoms with van der Waals surface area (Å²) in [5, 5.41) is 8.39. The van der Waals surface area contributed by atoms with Gasteiger partial charge in [-0.25, -0.2) is 0 Å². The van der Waals surface area contributed by atoms with Crippen molar-refractivity contribution < 1.29 is 5.02 Å². The molecule has 0 spiro atoms. The highest BCUT2D eigenvalue weighted by molar-refractivity contribution is 6.27. The van der Waals surface area contributed by atoms with Crippen LogP contribution in [0.25, 0.3) is 0 Å². The molecule has 2 atom stereocenters. The second-order valence-electron chi connectivity index (χ2n) is 2.11. The van der Waals surface area contributed by atoms with Gasteiger partial charge in [-0.1, -0.05) is 20.3 Å². The van der Waals surface area contributed by atoms with Gasteiger partial charge in [0, 0.05) is 5.94 Å². The third-order valence-corrected chi connectivity index (χ3v) is 1.47. The molecule has 0 aromatic carbocycles. The standard InChI is InChI=1S/C5H13BNO/c1-3-4(2)5(7)6-8/h4-5,8H,3,7H2,1-2H3/t4-,5-/m0/s1. The SMILES string of the molecule is CC[C@H](C)[C@H](N)[B]O. The molecule has 1 radical (unpaired) electrons. The molecule has 0 rings (SSSR count). The van der Waals surface area contributed by atoms with Crippen molar-refractivity contribution in [3.63, 3.8) is 0 Å². The molecular weight excluding hydrogens is 101 g/mol. The Balaban J connectivity index is 3.29. The molecule has 0 aromatic rings. The van der Waals surface area contributed by atoms with Crippen molar-refractivity contribution in [3.05, 3.63) is 0 Å². The van der Waals surface area contributed by atoms with E-state index >= 15 is 0 Å². The third kappa shape index (κ3) is 2.33. The first-order valence-electron chi connectivity index (χ1n) is 2.95. The van der Waals surface area contributed by atoms with E-state index in [0.717, 1.165) is 13.9 Å². The van der Waals surface area contributed by atoms with Crippen LogP contribution in [0.5, 0.6) is 0 Å². The lowest BCUT2D eigenvalue weighted by molar-refractivity contribution is 0.485. The third-order valence-electron chi connectivity index (χ3n) is 1.47. The smallest absolute Gasteiger partial charge is 0.305 e. The predicted molar refractivity (Wildman–Crippen MR) is 35.4 cm³/mol. The molecule has 0 fully saturated rings. The Kier molecular flexibility index (Phi) is 3.92. The van der Waals surface area contributed by atoms with Crippen molar-refractivity contribution in [3.8, 4) is 0 Å². The Hall–Kier alpha value is -0.0151. The first kappa shape index (κ1) is 7.98. The van der Waals surface area contributed by atoms with Gasteiger partial charge in [0.25, 0.3) is 0 Å². The van der Waals surface area contributed by atoms with Crippen LogP contribution in [0.1, 0.15) is 20.3 Å². The molecule has 8 heavy (non-hydrogen) atoms. The fourth-order valence-corrected chi connectivity index (χ4v) is 0.419. The average Bonchev–Trinajstić information content (AvgIpc) is 1.84. The van der Waals surface area contributed by atoms with Crippen molar-refractivity contribution in [2.24, 2.45) is 11.7 Å². The Morgan fingerprint density at radius 1 is 1.75 bits per heavy atom. The molecule has 0 bridgehead atoms. The lowest BCUT2D eigenvalue weighted by atomic mass is 9.79. The zero-order valence-electron chi connectivity index (χ0n) is 5.46. The van der Waals surface area contributed by atoms with Crippen LogP contribution in [0.4, 0.5) is 0 Å². The van der Waals surface area contributed by atoms with Gasteiger partial charge < -0.3 is 10.8 Å². The number of rotatable bonds is 3. The van der Waals surface area contributed by atoms with E-state index in [9.17, 15) is 0 Å². The van der Waals surface area contributed by atoms with Gasteiger partial charge in [0.1, 0.15) is 0 Å².